The van der Waals surface area contributed by atoms with Gasteiger partial charge in [-0.05, 0) is 49.2 Å². The standard InChI is InChI=1S/C13H13FN2O2S/c1-9-6-10(2)8-11(7-9)16-19(17,18)13-12(14)4-3-5-15-13/h3-8,16H,1-2H3. The van der Waals surface area contributed by atoms with Gasteiger partial charge in [-0.2, -0.15) is 8.42 Å². The summed E-state index contributed by atoms with van der Waals surface area (Å²) >= 11 is 0. The molecule has 0 spiro atoms. The van der Waals surface area contributed by atoms with Gasteiger partial charge in [0, 0.05) is 11.9 Å². The summed E-state index contributed by atoms with van der Waals surface area (Å²) < 4.78 is 39.9. The molecule has 2 aromatic rings. The van der Waals surface area contributed by atoms with Crippen LogP contribution in [0.3, 0.4) is 0 Å². The average molecular weight is 280 g/mol. The fourth-order valence-electron chi connectivity index (χ4n) is 1.81. The predicted molar refractivity (Wildman–Crippen MR) is 70.9 cm³/mol. The van der Waals surface area contributed by atoms with Crippen LogP contribution in [0.2, 0.25) is 0 Å². The first-order valence-corrected chi connectivity index (χ1v) is 7.08. The molecule has 1 N–H and O–H groups in total. The van der Waals surface area contributed by atoms with E-state index in [0.29, 0.717) is 5.69 Å². The lowest BCUT2D eigenvalue weighted by Crippen LogP contribution is -2.16. The second kappa shape index (κ2) is 4.97. The summed E-state index contributed by atoms with van der Waals surface area (Å²) in [5.41, 5.74) is 2.22. The zero-order chi connectivity index (χ0) is 14.0. The van der Waals surface area contributed by atoms with Crippen LogP contribution in [0.5, 0.6) is 0 Å². The maximum absolute atomic E-state index is 13.5. The van der Waals surface area contributed by atoms with Crippen LogP contribution in [0.15, 0.2) is 41.6 Å². The van der Waals surface area contributed by atoms with Crippen molar-refractivity contribution in [3.05, 3.63) is 53.5 Å². The molecule has 0 aliphatic heterocycles. The third-order valence-electron chi connectivity index (χ3n) is 2.45. The van der Waals surface area contributed by atoms with Crippen molar-refractivity contribution in [1.29, 1.82) is 0 Å². The highest BCUT2D eigenvalue weighted by atomic mass is 32.2. The van der Waals surface area contributed by atoms with Gasteiger partial charge in [-0.25, -0.2) is 9.37 Å². The minimum Gasteiger partial charge on any atom is -0.278 e. The fourth-order valence-corrected chi connectivity index (χ4v) is 2.86. The summed E-state index contributed by atoms with van der Waals surface area (Å²) in [7, 11) is -4.01. The second-order valence-corrected chi connectivity index (χ2v) is 5.87. The van der Waals surface area contributed by atoms with Crippen molar-refractivity contribution < 1.29 is 12.8 Å². The SMILES string of the molecule is Cc1cc(C)cc(NS(=O)(=O)c2ncccc2F)c1. The van der Waals surface area contributed by atoms with Crippen LogP contribution in [0, 0.1) is 19.7 Å². The third kappa shape index (κ3) is 3.08. The Balaban J connectivity index is 2.39. The van der Waals surface area contributed by atoms with Gasteiger partial charge in [0.05, 0.1) is 0 Å². The van der Waals surface area contributed by atoms with E-state index in [2.05, 4.69) is 9.71 Å². The van der Waals surface area contributed by atoms with Gasteiger partial charge in [-0.15, -0.1) is 0 Å². The van der Waals surface area contributed by atoms with E-state index in [9.17, 15) is 12.8 Å². The Labute approximate surface area is 111 Å². The van der Waals surface area contributed by atoms with Crippen LogP contribution >= 0.6 is 0 Å². The molecule has 4 nitrogen and oxygen atoms in total. The largest absolute Gasteiger partial charge is 0.282 e. The van der Waals surface area contributed by atoms with Crippen molar-refractivity contribution in [3.8, 4) is 0 Å². The molecule has 1 aromatic heterocycles. The van der Waals surface area contributed by atoms with E-state index in [1.54, 1.807) is 12.1 Å². The third-order valence-corrected chi connectivity index (χ3v) is 3.77. The Bertz CT molecular complexity index is 694. The highest BCUT2D eigenvalue weighted by Crippen LogP contribution is 2.19. The van der Waals surface area contributed by atoms with Crippen molar-refractivity contribution in [2.45, 2.75) is 18.9 Å². The molecule has 1 aromatic carbocycles. The molecule has 0 radical (unpaired) electrons. The zero-order valence-corrected chi connectivity index (χ0v) is 11.3. The Hall–Kier alpha value is -1.95. The molecular formula is C13H13FN2O2S. The molecule has 0 bridgehead atoms. The lowest BCUT2D eigenvalue weighted by Gasteiger charge is -2.09. The number of pyridine rings is 1. The summed E-state index contributed by atoms with van der Waals surface area (Å²) in [5, 5.41) is -0.603. The first kappa shape index (κ1) is 13.5. The summed E-state index contributed by atoms with van der Waals surface area (Å²) in [6, 6.07) is 7.66. The molecule has 0 unspecified atom stereocenters. The number of hydrogen-bond acceptors (Lipinski definition) is 3. The smallest absolute Gasteiger partial charge is 0.278 e. The van der Waals surface area contributed by atoms with Crippen molar-refractivity contribution in [1.82, 2.24) is 4.98 Å². The zero-order valence-electron chi connectivity index (χ0n) is 10.5. The van der Waals surface area contributed by atoms with Crippen LogP contribution in [0.1, 0.15) is 11.1 Å². The molecule has 6 heteroatoms. The van der Waals surface area contributed by atoms with Gasteiger partial charge in [0.2, 0.25) is 5.03 Å². The molecule has 2 rings (SSSR count). The molecular weight excluding hydrogens is 267 g/mol. The minimum absolute atomic E-state index is 0.391. The molecule has 1 heterocycles. The predicted octanol–water partition coefficient (Wildman–Crippen LogP) is 2.64. The van der Waals surface area contributed by atoms with Gasteiger partial charge in [-0.3, -0.25) is 4.72 Å². The number of anilines is 1. The number of sulfonamides is 1. The van der Waals surface area contributed by atoms with Crippen LogP contribution < -0.4 is 4.72 Å². The van der Waals surface area contributed by atoms with E-state index in [4.69, 9.17) is 0 Å². The Kier molecular flexibility index (Phi) is 3.53. The number of hydrogen-bond donors (Lipinski definition) is 1. The van der Waals surface area contributed by atoms with E-state index in [0.717, 1.165) is 17.2 Å². The summed E-state index contributed by atoms with van der Waals surface area (Å²) in [4.78, 5) is 3.57. The van der Waals surface area contributed by atoms with E-state index >= 15 is 0 Å². The lowest BCUT2D eigenvalue weighted by atomic mass is 10.1. The van der Waals surface area contributed by atoms with Crippen LogP contribution in [0.4, 0.5) is 10.1 Å². The molecule has 0 fully saturated rings. The number of benzene rings is 1. The molecule has 0 aliphatic carbocycles. The molecule has 0 atom stereocenters. The minimum atomic E-state index is -4.01. The lowest BCUT2D eigenvalue weighted by molar-refractivity contribution is 0.557. The highest BCUT2D eigenvalue weighted by Gasteiger charge is 2.20. The van der Waals surface area contributed by atoms with Crippen molar-refractivity contribution in [2.24, 2.45) is 0 Å². The maximum Gasteiger partial charge on any atom is 0.282 e. The van der Waals surface area contributed by atoms with Gasteiger partial charge in [0.1, 0.15) is 0 Å². The first-order chi connectivity index (χ1) is 8.88. The Morgan fingerprint density at radius 1 is 1.16 bits per heavy atom. The number of nitrogens with one attached hydrogen (secondary N) is 1. The van der Waals surface area contributed by atoms with Crippen molar-refractivity contribution in [2.75, 3.05) is 4.72 Å². The van der Waals surface area contributed by atoms with Crippen molar-refractivity contribution >= 4 is 15.7 Å². The molecule has 100 valence electrons. The van der Waals surface area contributed by atoms with Crippen LogP contribution in [-0.4, -0.2) is 13.4 Å². The molecule has 0 aliphatic rings. The van der Waals surface area contributed by atoms with E-state index in [1.807, 2.05) is 19.9 Å². The molecule has 19 heavy (non-hydrogen) atoms. The highest BCUT2D eigenvalue weighted by molar-refractivity contribution is 7.92. The fraction of sp³-hybridized carbons (Fsp3) is 0.154. The van der Waals surface area contributed by atoms with E-state index in [1.165, 1.54) is 12.3 Å². The maximum atomic E-state index is 13.5. The van der Waals surface area contributed by atoms with E-state index < -0.39 is 20.9 Å². The van der Waals surface area contributed by atoms with Gasteiger partial charge in [0.15, 0.2) is 5.82 Å². The molecule has 0 amide bonds. The summed E-state index contributed by atoms with van der Waals surface area (Å²) in [6.07, 6.45) is 1.24. The Morgan fingerprint density at radius 2 is 1.79 bits per heavy atom. The van der Waals surface area contributed by atoms with E-state index in [-0.39, 0.29) is 0 Å². The summed E-state index contributed by atoms with van der Waals surface area (Å²) in [5.74, 6) is -0.876. The molecule has 0 saturated carbocycles. The summed E-state index contributed by atoms with van der Waals surface area (Å²) in [6.45, 7) is 3.71. The van der Waals surface area contributed by atoms with Crippen LogP contribution in [0.25, 0.3) is 0 Å². The normalized spacial score (nSPS) is 11.3. The monoisotopic (exact) mass is 280 g/mol. The van der Waals surface area contributed by atoms with Gasteiger partial charge in [-0.1, -0.05) is 6.07 Å². The average Bonchev–Trinajstić information content (AvgIpc) is 2.26. The number of aryl methyl sites for hydroxylation is 2. The Morgan fingerprint density at radius 3 is 2.37 bits per heavy atom. The first-order valence-electron chi connectivity index (χ1n) is 5.60. The van der Waals surface area contributed by atoms with Gasteiger partial charge in [0.25, 0.3) is 10.0 Å². The number of halogens is 1. The van der Waals surface area contributed by atoms with Gasteiger partial charge < -0.3 is 0 Å². The van der Waals surface area contributed by atoms with Crippen LogP contribution in [-0.2, 0) is 10.0 Å². The molecule has 0 saturated heterocycles. The number of rotatable bonds is 3. The number of aromatic nitrogens is 1. The number of nitrogens with zero attached hydrogens (tertiary/aromatic N) is 1. The van der Waals surface area contributed by atoms with Gasteiger partial charge >= 0.3 is 0 Å². The second-order valence-electron chi connectivity index (χ2n) is 4.27. The topological polar surface area (TPSA) is 59.1 Å². The quantitative estimate of drug-likeness (QED) is 0.940. The van der Waals surface area contributed by atoms with Crippen molar-refractivity contribution in [3.63, 3.8) is 0 Å².